The molecule has 2 aromatic carbocycles. The van der Waals surface area contributed by atoms with E-state index >= 15 is 0 Å². The third-order valence-electron chi connectivity index (χ3n) is 3.41. The van der Waals surface area contributed by atoms with Gasteiger partial charge < -0.3 is 20.2 Å². The summed E-state index contributed by atoms with van der Waals surface area (Å²) in [7, 11) is 1.55. The fraction of sp³-hybridized carbons (Fsp3) is 0.0588. The monoisotopic (exact) mass is 310 g/mol. The smallest absolute Gasteiger partial charge is 0.286 e. The number of furan rings is 1. The van der Waals surface area contributed by atoms with Gasteiger partial charge in [-0.05, 0) is 36.4 Å². The molecule has 3 N–H and O–H groups in total. The average Bonchev–Trinajstić information content (AvgIpc) is 2.94. The van der Waals surface area contributed by atoms with E-state index in [4.69, 9.17) is 14.9 Å². The second-order valence-corrected chi connectivity index (χ2v) is 4.85. The number of amides is 2. The number of carbonyl (C=O) groups is 2. The Balaban J connectivity index is 1.98. The third kappa shape index (κ3) is 2.74. The first-order chi connectivity index (χ1) is 11.1. The highest BCUT2D eigenvalue weighted by atomic mass is 16.5. The number of benzene rings is 2. The number of primary amides is 1. The Kier molecular flexibility index (Phi) is 3.72. The molecule has 1 aromatic heterocycles. The zero-order chi connectivity index (χ0) is 16.4. The van der Waals surface area contributed by atoms with Gasteiger partial charge in [0.05, 0.1) is 7.11 Å². The van der Waals surface area contributed by atoms with E-state index in [1.54, 1.807) is 55.6 Å². The first-order valence-corrected chi connectivity index (χ1v) is 6.87. The van der Waals surface area contributed by atoms with Crippen LogP contribution in [0.5, 0.6) is 5.75 Å². The number of anilines is 1. The van der Waals surface area contributed by atoms with Gasteiger partial charge in [0.1, 0.15) is 17.0 Å². The molecule has 3 aromatic rings. The lowest BCUT2D eigenvalue weighted by Crippen LogP contribution is -2.17. The summed E-state index contributed by atoms with van der Waals surface area (Å²) in [5.41, 5.74) is 6.50. The van der Waals surface area contributed by atoms with Crippen molar-refractivity contribution >= 4 is 28.5 Å². The molecule has 6 nitrogen and oxygen atoms in total. The first-order valence-electron chi connectivity index (χ1n) is 6.87. The molecule has 0 spiro atoms. The molecule has 2 amide bonds. The highest BCUT2D eigenvalue weighted by Gasteiger charge is 2.20. The number of rotatable bonds is 4. The lowest BCUT2D eigenvalue weighted by Gasteiger charge is -2.06. The summed E-state index contributed by atoms with van der Waals surface area (Å²) in [4.78, 5) is 23.9. The number of hydrogen-bond donors (Lipinski definition) is 2. The lowest BCUT2D eigenvalue weighted by atomic mass is 10.1. The average molecular weight is 310 g/mol. The lowest BCUT2D eigenvalue weighted by molar-refractivity contribution is 0.0977. The van der Waals surface area contributed by atoms with Gasteiger partial charge in [-0.1, -0.05) is 12.1 Å². The second-order valence-electron chi connectivity index (χ2n) is 4.85. The standard InChI is InChI=1S/C17H14N2O4/c1-22-11-8-6-10(7-9-11)17(21)19-14-12-4-2-3-5-13(12)23-15(14)16(18)20/h2-9H,1H3,(H2,18,20)(H,19,21). The number of para-hydroxylation sites is 1. The van der Waals surface area contributed by atoms with E-state index in [1.807, 2.05) is 0 Å². The Morgan fingerprint density at radius 2 is 1.78 bits per heavy atom. The van der Waals surface area contributed by atoms with Gasteiger partial charge in [0.15, 0.2) is 0 Å². The van der Waals surface area contributed by atoms with Crippen molar-refractivity contribution in [2.45, 2.75) is 0 Å². The predicted octanol–water partition coefficient (Wildman–Crippen LogP) is 2.79. The van der Waals surface area contributed by atoms with Crippen molar-refractivity contribution in [1.82, 2.24) is 0 Å². The van der Waals surface area contributed by atoms with E-state index < -0.39 is 5.91 Å². The molecular weight excluding hydrogens is 296 g/mol. The minimum atomic E-state index is -0.744. The van der Waals surface area contributed by atoms with E-state index in [2.05, 4.69) is 5.32 Å². The SMILES string of the molecule is COc1ccc(C(=O)Nc2c(C(N)=O)oc3ccccc23)cc1. The van der Waals surface area contributed by atoms with Crippen molar-refractivity contribution in [3.8, 4) is 5.75 Å². The van der Waals surface area contributed by atoms with Crippen LogP contribution in [0.15, 0.2) is 52.9 Å². The van der Waals surface area contributed by atoms with Crippen molar-refractivity contribution in [3.63, 3.8) is 0 Å². The van der Waals surface area contributed by atoms with Gasteiger partial charge in [-0.25, -0.2) is 0 Å². The largest absolute Gasteiger partial charge is 0.497 e. The van der Waals surface area contributed by atoms with Crippen molar-refractivity contribution in [2.24, 2.45) is 5.73 Å². The Labute approximate surface area is 131 Å². The molecule has 116 valence electrons. The van der Waals surface area contributed by atoms with Crippen molar-refractivity contribution in [3.05, 3.63) is 59.9 Å². The molecule has 0 unspecified atom stereocenters. The van der Waals surface area contributed by atoms with Gasteiger partial charge >= 0.3 is 0 Å². The maximum Gasteiger partial charge on any atom is 0.286 e. The van der Waals surface area contributed by atoms with Crippen LogP contribution in [0.4, 0.5) is 5.69 Å². The van der Waals surface area contributed by atoms with Crippen LogP contribution in [0.25, 0.3) is 11.0 Å². The molecule has 0 radical (unpaired) electrons. The van der Waals surface area contributed by atoms with Crippen LogP contribution in [0.3, 0.4) is 0 Å². The Bertz CT molecular complexity index is 881. The van der Waals surface area contributed by atoms with Gasteiger partial charge in [-0.15, -0.1) is 0 Å². The maximum atomic E-state index is 12.4. The molecule has 0 saturated carbocycles. The summed E-state index contributed by atoms with van der Waals surface area (Å²) in [5, 5.41) is 3.31. The number of ether oxygens (including phenoxy) is 1. The van der Waals surface area contributed by atoms with Crippen LogP contribution in [0, 0.1) is 0 Å². The summed E-state index contributed by atoms with van der Waals surface area (Å²) < 4.78 is 10.5. The molecule has 0 fully saturated rings. The fourth-order valence-corrected chi connectivity index (χ4v) is 2.27. The van der Waals surface area contributed by atoms with Crippen LogP contribution in [0.2, 0.25) is 0 Å². The molecule has 0 aliphatic carbocycles. The van der Waals surface area contributed by atoms with Gasteiger partial charge in [0.2, 0.25) is 5.76 Å². The minimum Gasteiger partial charge on any atom is -0.497 e. The summed E-state index contributed by atoms with van der Waals surface area (Å²) in [6.45, 7) is 0. The molecule has 0 aliphatic heterocycles. The predicted molar refractivity (Wildman–Crippen MR) is 85.7 cm³/mol. The van der Waals surface area contributed by atoms with Crippen LogP contribution in [0.1, 0.15) is 20.9 Å². The number of hydrogen-bond acceptors (Lipinski definition) is 4. The summed E-state index contributed by atoms with van der Waals surface area (Å²) in [6, 6.07) is 13.6. The van der Waals surface area contributed by atoms with E-state index in [-0.39, 0.29) is 17.4 Å². The Morgan fingerprint density at radius 3 is 2.43 bits per heavy atom. The number of nitrogens with one attached hydrogen (secondary N) is 1. The van der Waals surface area contributed by atoms with Crippen molar-refractivity contribution < 1.29 is 18.7 Å². The molecular formula is C17H14N2O4. The number of methoxy groups -OCH3 is 1. The van der Waals surface area contributed by atoms with Crippen molar-refractivity contribution in [1.29, 1.82) is 0 Å². The normalized spacial score (nSPS) is 10.5. The van der Waals surface area contributed by atoms with Crippen LogP contribution < -0.4 is 15.8 Å². The number of carbonyl (C=O) groups excluding carboxylic acids is 2. The van der Waals surface area contributed by atoms with E-state index in [9.17, 15) is 9.59 Å². The molecule has 3 rings (SSSR count). The molecule has 1 heterocycles. The molecule has 0 bridgehead atoms. The Hall–Kier alpha value is -3.28. The van der Waals surface area contributed by atoms with Crippen LogP contribution in [-0.4, -0.2) is 18.9 Å². The summed E-state index contributed by atoms with van der Waals surface area (Å²) >= 11 is 0. The highest BCUT2D eigenvalue weighted by molar-refractivity contribution is 6.14. The molecule has 6 heteroatoms. The first kappa shape index (κ1) is 14.6. The topological polar surface area (TPSA) is 94.6 Å². The second kappa shape index (κ2) is 5.84. The maximum absolute atomic E-state index is 12.4. The van der Waals surface area contributed by atoms with E-state index in [1.165, 1.54) is 0 Å². The number of nitrogens with two attached hydrogens (primary N) is 1. The quantitative estimate of drug-likeness (QED) is 0.774. The zero-order valence-corrected chi connectivity index (χ0v) is 12.3. The zero-order valence-electron chi connectivity index (χ0n) is 12.3. The summed E-state index contributed by atoms with van der Waals surface area (Å²) in [5.74, 6) is -0.547. The highest BCUT2D eigenvalue weighted by Crippen LogP contribution is 2.31. The van der Waals surface area contributed by atoms with Gasteiger partial charge in [-0.2, -0.15) is 0 Å². The molecule has 0 atom stereocenters. The van der Waals surface area contributed by atoms with E-state index in [0.717, 1.165) is 0 Å². The molecule has 0 saturated heterocycles. The molecule has 23 heavy (non-hydrogen) atoms. The number of fused-ring (bicyclic) bond motifs is 1. The van der Waals surface area contributed by atoms with Crippen LogP contribution >= 0.6 is 0 Å². The van der Waals surface area contributed by atoms with Gasteiger partial charge in [-0.3, -0.25) is 9.59 Å². The van der Waals surface area contributed by atoms with E-state index in [0.29, 0.717) is 22.3 Å². The molecule has 0 aliphatic rings. The fourth-order valence-electron chi connectivity index (χ4n) is 2.27. The minimum absolute atomic E-state index is 0.0759. The van der Waals surface area contributed by atoms with Gasteiger partial charge in [0, 0.05) is 10.9 Å². The van der Waals surface area contributed by atoms with Crippen molar-refractivity contribution in [2.75, 3.05) is 12.4 Å². The summed E-state index contributed by atoms with van der Waals surface area (Å²) in [6.07, 6.45) is 0. The third-order valence-corrected chi connectivity index (χ3v) is 3.41. The van der Waals surface area contributed by atoms with Gasteiger partial charge in [0.25, 0.3) is 11.8 Å². The van der Waals surface area contributed by atoms with Crippen LogP contribution in [-0.2, 0) is 0 Å². The Morgan fingerprint density at radius 1 is 1.09 bits per heavy atom.